The van der Waals surface area contributed by atoms with Gasteiger partial charge in [-0.25, -0.2) is 9.98 Å². The Balaban J connectivity index is 1.54. The van der Waals surface area contributed by atoms with Crippen molar-refractivity contribution < 1.29 is 18.0 Å². The molecule has 206 valence electrons. The average Bonchev–Trinajstić information content (AvgIpc) is 3.33. The minimum atomic E-state index is -4.48. The molecule has 4 rings (SSSR count). The van der Waals surface area contributed by atoms with Crippen LogP contribution in [0.25, 0.3) is 11.1 Å². The number of anilines is 2. The van der Waals surface area contributed by atoms with E-state index in [1.807, 2.05) is 51.2 Å². The monoisotopic (exact) mass is 546 g/mol. The maximum absolute atomic E-state index is 13.1. The molecule has 1 unspecified atom stereocenters. The average molecular weight is 547 g/mol. The number of nitrogens with one attached hydrogen (secondary N) is 2. The van der Waals surface area contributed by atoms with Gasteiger partial charge in [-0.15, -0.1) is 0 Å². The van der Waals surface area contributed by atoms with Gasteiger partial charge in [0.2, 0.25) is 11.9 Å². The molecule has 0 aliphatic heterocycles. The van der Waals surface area contributed by atoms with Crippen molar-refractivity contribution in [2.75, 3.05) is 10.6 Å². The Kier molecular flexibility index (Phi) is 8.18. The first-order valence-electron chi connectivity index (χ1n) is 12.5. The number of rotatable bonds is 6. The third-order valence-electron chi connectivity index (χ3n) is 6.46. The third kappa shape index (κ3) is 6.63. The second-order valence-electron chi connectivity index (χ2n) is 9.49. The maximum Gasteiger partial charge on any atom is 0.416 e. The molecule has 0 saturated carbocycles. The summed E-state index contributed by atoms with van der Waals surface area (Å²) in [6.45, 7) is 9.07. The number of carbonyl (C=O) groups is 1. The predicted molar refractivity (Wildman–Crippen MR) is 153 cm³/mol. The summed E-state index contributed by atoms with van der Waals surface area (Å²) in [5.41, 5.74) is 5.21. The van der Waals surface area contributed by atoms with E-state index in [9.17, 15) is 18.0 Å². The molecule has 1 aromatic heterocycles. The Hall–Kier alpha value is -4.73. The fraction of sp³-hybridized carbons (Fsp3) is 0.200. The van der Waals surface area contributed by atoms with Crippen LogP contribution in [0.5, 0.6) is 0 Å². The van der Waals surface area contributed by atoms with Gasteiger partial charge in [0.05, 0.1) is 29.1 Å². The molecule has 4 aromatic rings. The van der Waals surface area contributed by atoms with Gasteiger partial charge in [-0.05, 0) is 85.6 Å². The van der Waals surface area contributed by atoms with E-state index in [0.717, 1.165) is 40.1 Å². The molecule has 7 nitrogen and oxygen atoms in total. The normalized spacial score (nSPS) is 12.6. The molecule has 40 heavy (non-hydrogen) atoms. The van der Waals surface area contributed by atoms with Crippen molar-refractivity contribution in [3.8, 4) is 11.1 Å². The second kappa shape index (κ2) is 11.6. The van der Waals surface area contributed by atoms with Crippen molar-refractivity contribution in [3.05, 3.63) is 95.3 Å². The van der Waals surface area contributed by atoms with E-state index in [0.29, 0.717) is 17.3 Å². The summed E-state index contributed by atoms with van der Waals surface area (Å²) >= 11 is 0. The lowest BCUT2D eigenvalue weighted by Crippen LogP contribution is -2.19. The van der Waals surface area contributed by atoms with Crippen molar-refractivity contribution in [3.63, 3.8) is 0 Å². The van der Waals surface area contributed by atoms with E-state index in [1.165, 1.54) is 12.1 Å². The van der Waals surface area contributed by atoms with Crippen LogP contribution in [0, 0.1) is 13.8 Å². The molecule has 0 fully saturated rings. The minimum absolute atomic E-state index is 0.290. The van der Waals surface area contributed by atoms with Gasteiger partial charge in [0, 0.05) is 18.9 Å². The first kappa shape index (κ1) is 28.3. The summed E-state index contributed by atoms with van der Waals surface area (Å²) < 4.78 is 41.0. The molecular formula is C30H29F3N6O. The van der Waals surface area contributed by atoms with Gasteiger partial charge in [-0.1, -0.05) is 30.3 Å². The van der Waals surface area contributed by atoms with Gasteiger partial charge in [-0.2, -0.15) is 18.3 Å². The van der Waals surface area contributed by atoms with E-state index in [1.54, 1.807) is 30.1 Å². The molecule has 0 spiro atoms. The van der Waals surface area contributed by atoms with E-state index >= 15 is 0 Å². The number of alkyl halides is 3. The lowest BCUT2D eigenvalue weighted by molar-refractivity contribution is -0.137. The number of aliphatic imine (C=N–C) groups is 2. The van der Waals surface area contributed by atoms with Gasteiger partial charge in [0.15, 0.2) is 0 Å². The molecular weight excluding hydrogens is 517 g/mol. The summed E-state index contributed by atoms with van der Waals surface area (Å²) in [4.78, 5) is 21.5. The number of benzene rings is 3. The molecule has 1 atom stereocenters. The molecule has 0 radical (unpaired) electrons. The molecule has 0 saturated heterocycles. The number of nitrogens with zero attached hydrogens (tertiary/aromatic N) is 4. The number of aromatic nitrogens is 2. The Morgan fingerprint density at radius 3 is 2.42 bits per heavy atom. The van der Waals surface area contributed by atoms with Crippen molar-refractivity contribution in [1.82, 2.24) is 9.78 Å². The highest BCUT2D eigenvalue weighted by atomic mass is 19.4. The summed E-state index contributed by atoms with van der Waals surface area (Å²) in [6.07, 6.45) is -1.02. The summed E-state index contributed by atoms with van der Waals surface area (Å²) in [5.74, 6) is -0.848. The molecule has 3 aromatic carbocycles. The highest BCUT2D eigenvalue weighted by Crippen LogP contribution is 2.33. The summed E-state index contributed by atoms with van der Waals surface area (Å²) in [6, 6.07) is 16.1. The van der Waals surface area contributed by atoms with Gasteiger partial charge >= 0.3 is 6.18 Å². The van der Waals surface area contributed by atoms with Crippen molar-refractivity contribution in [2.24, 2.45) is 17.0 Å². The quantitative estimate of drug-likeness (QED) is 0.197. The van der Waals surface area contributed by atoms with Crippen molar-refractivity contribution in [1.29, 1.82) is 0 Å². The molecule has 0 bridgehead atoms. The second-order valence-corrected chi connectivity index (χ2v) is 9.49. The van der Waals surface area contributed by atoms with Gasteiger partial charge < -0.3 is 10.6 Å². The van der Waals surface area contributed by atoms with Crippen LogP contribution in [-0.2, 0) is 18.0 Å². The van der Waals surface area contributed by atoms with Crippen molar-refractivity contribution in [2.45, 2.75) is 32.9 Å². The zero-order chi connectivity index (χ0) is 29.0. The molecule has 0 aliphatic rings. The van der Waals surface area contributed by atoms with E-state index in [2.05, 4.69) is 32.4 Å². The highest BCUT2D eigenvalue weighted by molar-refractivity contribution is 5.98. The molecule has 1 heterocycles. The first-order valence-corrected chi connectivity index (χ1v) is 12.5. The fourth-order valence-corrected chi connectivity index (χ4v) is 4.18. The number of halogens is 3. The Morgan fingerprint density at radius 2 is 1.77 bits per heavy atom. The van der Waals surface area contributed by atoms with Crippen LogP contribution in [0.1, 0.15) is 35.1 Å². The topological polar surface area (TPSA) is 83.7 Å². The van der Waals surface area contributed by atoms with E-state index in [4.69, 9.17) is 0 Å². The lowest BCUT2D eigenvalue weighted by Gasteiger charge is -2.16. The lowest BCUT2D eigenvalue weighted by atomic mass is 9.96. The Morgan fingerprint density at radius 1 is 1.00 bits per heavy atom. The third-order valence-corrected chi connectivity index (χ3v) is 6.46. The number of guanidine groups is 1. The molecule has 10 heteroatoms. The summed E-state index contributed by atoms with van der Waals surface area (Å²) in [5, 5.41) is 10.0. The van der Waals surface area contributed by atoms with Crippen LogP contribution in [0.2, 0.25) is 0 Å². The number of hydrogen-bond donors (Lipinski definition) is 2. The van der Waals surface area contributed by atoms with Gasteiger partial charge in [0.1, 0.15) is 0 Å². The maximum atomic E-state index is 13.1. The highest BCUT2D eigenvalue weighted by Gasteiger charge is 2.31. The van der Waals surface area contributed by atoms with Crippen LogP contribution in [0.15, 0.2) is 83.0 Å². The largest absolute Gasteiger partial charge is 0.416 e. The number of carbonyl (C=O) groups excluding carboxylic acids is 1. The SMILES string of the molecule is C=N/C(=N\c1ccc(-c2cc(NC(=O)C(C)c3cccc(C(F)(F)F)c3)ccc2C)cc1C)Nc1cnn(C)c1. The number of hydrogen-bond acceptors (Lipinski definition) is 3. The first-order chi connectivity index (χ1) is 18.9. The molecule has 2 N–H and O–H groups in total. The smallest absolute Gasteiger partial charge is 0.326 e. The standard InChI is InChI=1S/C30H29F3N6O/c1-18-9-11-24(36-28(40)20(3)21-7-6-8-23(14-21)30(31,32)33)15-26(18)22-10-12-27(19(2)13-22)38-29(34-4)37-25-16-35-39(5)17-25/h6-17,20H,4H2,1-3,5H3,(H,36,40)(H,37,38). The van der Waals surface area contributed by atoms with E-state index in [-0.39, 0.29) is 5.56 Å². The summed E-state index contributed by atoms with van der Waals surface area (Å²) in [7, 11) is 1.81. The Labute approximate surface area is 230 Å². The number of amides is 1. The van der Waals surface area contributed by atoms with Crippen LogP contribution in [-0.4, -0.2) is 28.4 Å². The van der Waals surface area contributed by atoms with Gasteiger partial charge in [0.25, 0.3) is 0 Å². The van der Waals surface area contributed by atoms with Crippen molar-refractivity contribution >= 4 is 35.6 Å². The van der Waals surface area contributed by atoms with E-state index < -0.39 is 23.6 Å². The molecule has 1 amide bonds. The zero-order valence-electron chi connectivity index (χ0n) is 22.5. The van der Waals surface area contributed by atoms with Crippen LogP contribution in [0.3, 0.4) is 0 Å². The zero-order valence-corrected chi connectivity index (χ0v) is 22.5. The molecule has 0 aliphatic carbocycles. The minimum Gasteiger partial charge on any atom is -0.326 e. The van der Waals surface area contributed by atoms with Crippen LogP contribution in [0.4, 0.5) is 30.2 Å². The predicted octanol–water partition coefficient (Wildman–Crippen LogP) is 7.27. The Bertz CT molecular complexity index is 1590. The number of aryl methyl sites for hydroxylation is 3. The van der Waals surface area contributed by atoms with Gasteiger partial charge in [-0.3, -0.25) is 9.48 Å². The van der Waals surface area contributed by atoms with Crippen LogP contribution >= 0.6 is 0 Å². The fourth-order valence-electron chi connectivity index (χ4n) is 4.18. The van der Waals surface area contributed by atoms with Crippen LogP contribution < -0.4 is 10.6 Å².